The van der Waals surface area contributed by atoms with Crippen molar-refractivity contribution in [1.29, 1.82) is 0 Å². The monoisotopic (exact) mass is 596 g/mol. The van der Waals surface area contributed by atoms with Gasteiger partial charge in [0.05, 0.1) is 17.3 Å². The molecule has 0 aliphatic heterocycles. The van der Waals surface area contributed by atoms with Gasteiger partial charge in [-0.05, 0) is 88.8 Å². The van der Waals surface area contributed by atoms with Gasteiger partial charge in [-0.25, -0.2) is 0 Å². The van der Waals surface area contributed by atoms with Crippen molar-refractivity contribution in [2.45, 2.75) is 90.6 Å². The van der Waals surface area contributed by atoms with Gasteiger partial charge in [-0.15, -0.1) is 11.3 Å². The fourth-order valence-corrected chi connectivity index (χ4v) is 6.69. The lowest BCUT2D eigenvalue weighted by molar-refractivity contribution is -0.140. The molecule has 0 bridgehead atoms. The molecule has 2 aromatic heterocycles. The van der Waals surface area contributed by atoms with E-state index in [1.54, 1.807) is 16.2 Å². The number of nitrogens with one attached hydrogen (secondary N) is 2. The Morgan fingerprint density at radius 3 is 2.62 bits per heavy atom. The number of methoxy groups -OCH3 is 1. The number of thiophene rings is 1. The SMILES string of the molecule is CCN(C(=O)Cn1c(C(=O)N[C@H]2CC[C@H](C(=O)NCCCCCC(=O)OC)CC2)cc2sccc21)C1=CCCC(C)=C1. The first-order valence-corrected chi connectivity index (χ1v) is 16.1. The molecule has 1 saturated carbocycles. The summed E-state index contributed by atoms with van der Waals surface area (Å²) < 4.78 is 7.47. The number of carbonyl (C=O) groups is 4. The number of hydrogen-bond donors (Lipinski definition) is 2. The fraction of sp³-hybridized carbons (Fsp3) is 0.562. The van der Waals surface area contributed by atoms with Crippen LogP contribution in [0.4, 0.5) is 0 Å². The number of hydrogen-bond acceptors (Lipinski definition) is 6. The molecule has 2 heterocycles. The first kappa shape index (κ1) is 31.5. The zero-order chi connectivity index (χ0) is 30.1. The van der Waals surface area contributed by atoms with Crippen LogP contribution in [0.25, 0.3) is 10.2 Å². The van der Waals surface area contributed by atoms with Gasteiger partial charge in [-0.2, -0.15) is 0 Å². The van der Waals surface area contributed by atoms with E-state index >= 15 is 0 Å². The number of aromatic nitrogens is 1. The molecule has 2 aromatic rings. The molecule has 228 valence electrons. The van der Waals surface area contributed by atoms with Crippen LogP contribution in [0, 0.1) is 5.92 Å². The summed E-state index contributed by atoms with van der Waals surface area (Å²) in [5.41, 5.74) is 3.59. The summed E-state index contributed by atoms with van der Waals surface area (Å²) in [4.78, 5) is 52.6. The summed E-state index contributed by atoms with van der Waals surface area (Å²) in [6, 6.07) is 3.84. The number of rotatable bonds is 13. The normalized spacial score (nSPS) is 18.6. The maximum absolute atomic E-state index is 13.5. The molecule has 0 unspecified atom stereocenters. The second-order valence-electron chi connectivity index (χ2n) is 11.3. The Labute approximate surface area is 252 Å². The van der Waals surface area contributed by atoms with Gasteiger partial charge in [0.1, 0.15) is 12.2 Å². The van der Waals surface area contributed by atoms with Gasteiger partial charge in [0.15, 0.2) is 0 Å². The van der Waals surface area contributed by atoms with E-state index in [2.05, 4.69) is 34.4 Å². The third-order valence-electron chi connectivity index (χ3n) is 8.28. The molecule has 2 aliphatic carbocycles. The van der Waals surface area contributed by atoms with Gasteiger partial charge in [0.25, 0.3) is 5.91 Å². The molecule has 3 amide bonds. The number of likely N-dealkylation sites (N-methyl/N-ethyl adjacent to an activating group) is 1. The Hall–Kier alpha value is -3.40. The molecule has 42 heavy (non-hydrogen) atoms. The van der Waals surface area contributed by atoms with E-state index in [4.69, 9.17) is 0 Å². The van der Waals surface area contributed by atoms with Crippen molar-refractivity contribution in [3.63, 3.8) is 0 Å². The summed E-state index contributed by atoms with van der Waals surface area (Å²) in [6.07, 6.45) is 11.9. The molecule has 2 N–H and O–H groups in total. The second-order valence-corrected chi connectivity index (χ2v) is 12.2. The predicted molar refractivity (Wildman–Crippen MR) is 165 cm³/mol. The average molecular weight is 597 g/mol. The van der Waals surface area contributed by atoms with Gasteiger partial charge < -0.3 is 24.8 Å². The molecule has 1 fully saturated rings. The number of unbranched alkanes of at least 4 members (excludes halogenated alkanes) is 2. The first-order chi connectivity index (χ1) is 20.3. The van der Waals surface area contributed by atoms with Gasteiger partial charge in [-0.3, -0.25) is 19.2 Å². The van der Waals surface area contributed by atoms with Crippen LogP contribution in [0.1, 0.15) is 88.5 Å². The molecule has 0 aromatic carbocycles. The summed E-state index contributed by atoms with van der Waals surface area (Å²) in [7, 11) is 1.39. The predicted octanol–water partition coefficient (Wildman–Crippen LogP) is 5.31. The molecule has 0 saturated heterocycles. The quantitative estimate of drug-likeness (QED) is 0.241. The average Bonchev–Trinajstić information content (AvgIpc) is 3.58. The van der Waals surface area contributed by atoms with Gasteiger partial charge in [-0.1, -0.05) is 18.1 Å². The van der Waals surface area contributed by atoms with Gasteiger partial charge in [0.2, 0.25) is 11.8 Å². The highest BCUT2D eigenvalue weighted by Gasteiger charge is 2.29. The Kier molecular flexibility index (Phi) is 11.4. The molecule has 4 rings (SSSR count). The van der Waals surface area contributed by atoms with E-state index < -0.39 is 0 Å². The number of ether oxygens (including phenoxy) is 1. The molecule has 0 radical (unpaired) electrons. The highest BCUT2D eigenvalue weighted by atomic mass is 32.1. The number of nitrogens with zero attached hydrogens (tertiary/aromatic N) is 2. The lowest BCUT2D eigenvalue weighted by atomic mass is 9.85. The van der Waals surface area contributed by atoms with E-state index in [1.165, 1.54) is 12.7 Å². The molecule has 0 atom stereocenters. The third-order valence-corrected chi connectivity index (χ3v) is 9.14. The number of carbonyl (C=O) groups excluding carboxylic acids is 4. The minimum atomic E-state index is -0.201. The van der Waals surface area contributed by atoms with Crippen molar-refractivity contribution < 1.29 is 23.9 Å². The van der Waals surface area contributed by atoms with Crippen molar-refractivity contribution in [2.24, 2.45) is 5.92 Å². The standard InChI is InChI=1S/C32H44N4O5S/c1-4-35(25-10-8-9-22(2)19-25)29(37)21-36-26-16-18-42-28(26)20-27(36)32(40)34-24-14-12-23(13-15-24)31(39)33-17-7-5-6-11-30(38)41-3/h10,16,18-20,23-24H,4-9,11-15,17,21H2,1-3H3,(H,33,39)(H,34,40)/t23-,24-. The Balaban J connectivity index is 1.29. The molecule has 10 heteroatoms. The molecule has 0 spiro atoms. The summed E-state index contributed by atoms with van der Waals surface area (Å²) in [5.74, 6) is -0.400. The van der Waals surface area contributed by atoms with Crippen LogP contribution in [0.3, 0.4) is 0 Å². The molecular formula is C32H44N4O5S. The van der Waals surface area contributed by atoms with Crippen molar-refractivity contribution in [2.75, 3.05) is 20.2 Å². The van der Waals surface area contributed by atoms with Crippen LogP contribution in [0.5, 0.6) is 0 Å². The van der Waals surface area contributed by atoms with Crippen LogP contribution >= 0.6 is 11.3 Å². The van der Waals surface area contributed by atoms with E-state index in [1.807, 2.05) is 29.0 Å². The van der Waals surface area contributed by atoms with Crippen LogP contribution in [-0.4, -0.2) is 59.4 Å². The molecule has 2 aliphatic rings. The highest BCUT2D eigenvalue weighted by Crippen LogP contribution is 2.28. The van der Waals surface area contributed by atoms with Crippen molar-refractivity contribution in [3.8, 4) is 0 Å². The summed E-state index contributed by atoms with van der Waals surface area (Å²) in [6.45, 7) is 5.33. The lowest BCUT2D eigenvalue weighted by Gasteiger charge is -2.29. The van der Waals surface area contributed by atoms with Crippen LogP contribution < -0.4 is 10.6 Å². The van der Waals surface area contributed by atoms with E-state index in [0.29, 0.717) is 25.2 Å². The van der Waals surface area contributed by atoms with Crippen molar-refractivity contribution >= 4 is 45.2 Å². The zero-order valence-corrected chi connectivity index (χ0v) is 25.9. The Morgan fingerprint density at radius 1 is 1.12 bits per heavy atom. The first-order valence-electron chi connectivity index (χ1n) is 15.2. The van der Waals surface area contributed by atoms with E-state index in [9.17, 15) is 19.2 Å². The van der Waals surface area contributed by atoms with Crippen LogP contribution in [0.2, 0.25) is 0 Å². The smallest absolute Gasteiger partial charge is 0.305 e. The third kappa shape index (κ3) is 8.12. The summed E-state index contributed by atoms with van der Waals surface area (Å²) >= 11 is 1.56. The van der Waals surface area contributed by atoms with Crippen molar-refractivity contribution in [1.82, 2.24) is 20.1 Å². The van der Waals surface area contributed by atoms with Crippen LogP contribution in [-0.2, 0) is 25.7 Å². The largest absolute Gasteiger partial charge is 0.469 e. The van der Waals surface area contributed by atoms with Crippen LogP contribution in [0.15, 0.2) is 40.9 Å². The second kappa shape index (κ2) is 15.2. The van der Waals surface area contributed by atoms with Gasteiger partial charge in [0, 0.05) is 37.2 Å². The Morgan fingerprint density at radius 2 is 1.90 bits per heavy atom. The van der Waals surface area contributed by atoms with Crippen molar-refractivity contribution in [3.05, 3.63) is 46.6 Å². The van der Waals surface area contributed by atoms with E-state index in [-0.39, 0.29) is 42.2 Å². The topological polar surface area (TPSA) is 110 Å². The minimum Gasteiger partial charge on any atom is -0.469 e. The fourth-order valence-electron chi connectivity index (χ4n) is 5.87. The zero-order valence-electron chi connectivity index (χ0n) is 25.1. The number of allylic oxidation sites excluding steroid dienone is 3. The molecular weight excluding hydrogens is 552 g/mol. The lowest BCUT2D eigenvalue weighted by Crippen LogP contribution is -2.42. The number of fused-ring (bicyclic) bond motifs is 1. The maximum atomic E-state index is 13.5. The number of amides is 3. The maximum Gasteiger partial charge on any atom is 0.305 e. The summed E-state index contributed by atoms with van der Waals surface area (Å²) in [5, 5.41) is 8.19. The number of esters is 1. The van der Waals surface area contributed by atoms with Gasteiger partial charge >= 0.3 is 5.97 Å². The van der Waals surface area contributed by atoms with E-state index in [0.717, 1.165) is 73.7 Å². The molecule has 9 nitrogen and oxygen atoms in total. The minimum absolute atomic E-state index is 0.00962. The highest BCUT2D eigenvalue weighted by molar-refractivity contribution is 7.17. The Bertz CT molecular complexity index is 1330.